The Bertz CT molecular complexity index is 595. The number of amides is 3. The van der Waals surface area contributed by atoms with Crippen LogP contribution in [0.5, 0.6) is 0 Å². The molecule has 1 saturated heterocycles. The van der Waals surface area contributed by atoms with Gasteiger partial charge in [0.05, 0.1) is 6.54 Å². The summed E-state index contributed by atoms with van der Waals surface area (Å²) in [6.45, 7) is 2.39. The second-order valence-corrected chi connectivity index (χ2v) is 5.55. The van der Waals surface area contributed by atoms with Crippen LogP contribution in [-0.2, 0) is 16.6 Å². The largest absolute Gasteiger partial charge is 0.347 e. The summed E-state index contributed by atoms with van der Waals surface area (Å²) in [5.74, 6) is -0.523. The summed E-state index contributed by atoms with van der Waals surface area (Å²) in [7, 11) is 4.98. The first-order valence-corrected chi connectivity index (χ1v) is 7.08. The van der Waals surface area contributed by atoms with Crippen molar-refractivity contribution in [3.05, 3.63) is 18.0 Å². The Morgan fingerprint density at radius 3 is 2.45 bits per heavy atom. The van der Waals surface area contributed by atoms with Crippen LogP contribution in [0.3, 0.4) is 0 Å². The molecule has 1 atom stereocenters. The van der Waals surface area contributed by atoms with E-state index in [1.54, 1.807) is 38.3 Å². The number of aryl methyl sites for hydroxylation is 1. The second kappa shape index (κ2) is 6.17. The van der Waals surface area contributed by atoms with Crippen LogP contribution >= 0.6 is 0 Å². The lowest BCUT2D eigenvalue weighted by molar-refractivity contribution is -0.146. The summed E-state index contributed by atoms with van der Waals surface area (Å²) in [4.78, 5) is 41.1. The molecule has 8 nitrogen and oxygen atoms in total. The summed E-state index contributed by atoms with van der Waals surface area (Å²) in [6, 6.07) is 1.00. The van der Waals surface area contributed by atoms with Crippen LogP contribution in [-0.4, -0.2) is 82.0 Å². The van der Waals surface area contributed by atoms with Gasteiger partial charge >= 0.3 is 0 Å². The summed E-state index contributed by atoms with van der Waals surface area (Å²) >= 11 is 0. The van der Waals surface area contributed by atoms with Crippen LogP contribution in [0.2, 0.25) is 0 Å². The fourth-order valence-corrected chi connectivity index (χ4v) is 2.60. The average Bonchev–Trinajstić information content (AvgIpc) is 2.90. The van der Waals surface area contributed by atoms with E-state index in [0.717, 1.165) is 0 Å². The van der Waals surface area contributed by atoms with Gasteiger partial charge in [-0.15, -0.1) is 0 Å². The van der Waals surface area contributed by atoms with Crippen molar-refractivity contribution in [2.75, 3.05) is 33.7 Å². The predicted octanol–water partition coefficient (Wildman–Crippen LogP) is -0.819. The zero-order valence-corrected chi connectivity index (χ0v) is 13.3. The molecule has 120 valence electrons. The van der Waals surface area contributed by atoms with E-state index >= 15 is 0 Å². The fourth-order valence-electron chi connectivity index (χ4n) is 2.60. The monoisotopic (exact) mass is 307 g/mol. The molecular formula is C14H21N5O3. The highest BCUT2D eigenvalue weighted by Gasteiger charge is 2.37. The van der Waals surface area contributed by atoms with Crippen molar-refractivity contribution in [1.29, 1.82) is 0 Å². The number of likely N-dealkylation sites (N-methyl/N-ethyl adjacent to an activating group) is 1. The normalized spacial score (nSPS) is 18.3. The van der Waals surface area contributed by atoms with Crippen LogP contribution in [0.15, 0.2) is 12.3 Å². The first-order valence-electron chi connectivity index (χ1n) is 7.08. The smallest absolute Gasteiger partial charge is 0.272 e. The number of carbonyl (C=O) groups is 3. The molecular weight excluding hydrogens is 286 g/mol. The highest BCUT2D eigenvalue weighted by atomic mass is 16.2. The molecule has 1 aliphatic rings. The SMILES string of the molecule is CC(=O)N1CCN(C(=O)c2ccnn2C)C[C@@H]1C(=O)N(C)C. The number of aromatic nitrogens is 2. The van der Waals surface area contributed by atoms with Crippen molar-refractivity contribution in [3.63, 3.8) is 0 Å². The van der Waals surface area contributed by atoms with E-state index in [4.69, 9.17) is 0 Å². The third-order valence-corrected chi connectivity index (χ3v) is 3.84. The molecule has 0 radical (unpaired) electrons. The van der Waals surface area contributed by atoms with E-state index < -0.39 is 6.04 Å². The average molecular weight is 307 g/mol. The Morgan fingerprint density at radius 1 is 1.27 bits per heavy atom. The molecule has 1 fully saturated rings. The highest BCUT2D eigenvalue weighted by molar-refractivity contribution is 5.94. The van der Waals surface area contributed by atoms with Crippen LogP contribution in [0.4, 0.5) is 0 Å². The molecule has 3 amide bonds. The van der Waals surface area contributed by atoms with Gasteiger partial charge in [0, 0.05) is 47.4 Å². The standard InChI is InChI=1S/C14H21N5O3/c1-10(20)19-8-7-18(9-12(19)13(21)16(2)3)14(22)11-5-6-15-17(11)4/h5-6,12H,7-9H2,1-4H3/t12-/m1/s1. The zero-order valence-electron chi connectivity index (χ0n) is 13.3. The van der Waals surface area contributed by atoms with Gasteiger partial charge in [0.25, 0.3) is 5.91 Å². The van der Waals surface area contributed by atoms with Crippen LogP contribution < -0.4 is 0 Å². The Kier molecular flexibility index (Phi) is 4.48. The van der Waals surface area contributed by atoms with Gasteiger partial charge in [0.2, 0.25) is 11.8 Å². The minimum absolute atomic E-state index is 0.159. The van der Waals surface area contributed by atoms with Gasteiger partial charge in [-0.2, -0.15) is 5.10 Å². The molecule has 0 bridgehead atoms. The highest BCUT2D eigenvalue weighted by Crippen LogP contribution is 2.15. The lowest BCUT2D eigenvalue weighted by Crippen LogP contribution is -2.61. The minimum Gasteiger partial charge on any atom is -0.347 e. The molecule has 1 aromatic heterocycles. The van der Waals surface area contributed by atoms with Gasteiger partial charge in [-0.05, 0) is 6.07 Å². The molecule has 1 aromatic rings. The van der Waals surface area contributed by atoms with Crippen molar-refractivity contribution in [1.82, 2.24) is 24.5 Å². The number of carbonyl (C=O) groups excluding carboxylic acids is 3. The molecule has 0 N–H and O–H groups in total. The molecule has 2 heterocycles. The summed E-state index contributed by atoms with van der Waals surface area (Å²) in [6.07, 6.45) is 1.56. The van der Waals surface area contributed by atoms with Gasteiger partial charge < -0.3 is 14.7 Å². The fraction of sp³-hybridized carbons (Fsp3) is 0.571. The number of piperazine rings is 1. The maximum atomic E-state index is 12.5. The van der Waals surface area contributed by atoms with Crippen molar-refractivity contribution in [2.45, 2.75) is 13.0 Å². The Labute approximate surface area is 129 Å². The maximum absolute atomic E-state index is 12.5. The number of rotatable bonds is 2. The molecule has 1 aliphatic heterocycles. The Balaban J connectivity index is 2.20. The van der Waals surface area contributed by atoms with Gasteiger partial charge in [-0.1, -0.05) is 0 Å². The number of hydrogen-bond acceptors (Lipinski definition) is 4. The van der Waals surface area contributed by atoms with E-state index in [1.165, 1.54) is 21.4 Å². The summed E-state index contributed by atoms with van der Waals surface area (Å²) in [5, 5.41) is 3.99. The van der Waals surface area contributed by atoms with Crippen molar-refractivity contribution < 1.29 is 14.4 Å². The molecule has 0 unspecified atom stereocenters. The van der Waals surface area contributed by atoms with Crippen molar-refractivity contribution in [3.8, 4) is 0 Å². The van der Waals surface area contributed by atoms with E-state index in [9.17, 15) is 14.4 Å². The first-order chi connectivity index (χ1) is 10.3. The van der Waals surface area contributed by atoms with Crippen LogP contribution in [0.25, 0.3) is 0 Å². The minimum atomic E-state index is -0.640. The third-order valence-electron chi connectivity index (χ3n) is 3.84. The first kappa shape index (κ1) is 16.0. The maximum Gasteiger partial charge on any atom is 0.272 e. The zero-order chi connectivity index (χ0) is 16.4. The Morgan fingerprint density at radius 2 is 1.95 bits per heavy atom. The lowest BCUT2D eigenvalue weighted by atomic mass is 10.1. The summed E-state index contributed by atoms with van der Waals surface area (Å²) in [5.41, 5.74) is 0.465. The third kappa shape index (κ3) is 2.95. The van der Waals surface area contributed by atoms with E-state index in [0.29, 0.717) is 18.8 Å². The lowest BCUT2D eigenvalue weighted by Gasteiger charge is -2.40. The topological polar surface area (TPSA) is 78.8 Å². The van der Waals surface area contributed by atoms with Gasteiger partial charge in [0.1, 0.15) is 11.7 Å². The number of nitrogens with zero attached hydrogens (tertiary/aromatic N) is 5. The van der Waals surface area contributed by atoms with E-state index in [1.807, 2.05) is 0 Å². The van der Waals surface area contributed by atoms with Crippen molar-refractivity contribution >= 4 is 17.7 Å². The van der Waals surface area contributed by atoms with Crippen LogP contribution in [0, 0.1) is 0 Å². The van der Waals surface area contributed by atoms with Gasteiger partial charge in [-0.3, -0.25) is 19.1 Å². The van der Waals surface area contributed by atoms with E-state index in [-0.39, 0.29) is 24.3 Å². The predicted molar refractivity (Wildman–Crippen MR) is 79.0 cm³/mol. The molecule has 22 heavy (non-hydrogen) atoms. The molecule has 0 saturated carbocycles. The van der Waals surface area contributed by atoms with Crippen molar-refractivity contribution in [2.24, 2.45) is 7.05 Å². The molecule has 0 aliphatic carbocycles. The quantitative estimate of drug-likeness (QED) is 0.715. The summed E-state index contributed by atoms with van der Waals surface area (Å²) < 4.78 is 1.50. The van der Waals surface area contributed by atoms with Gasteiger partial charge in [0.15, 0.2) is 0 Å². The molecule has 0 aromatic carbocycles. The molecule has 2 rings (SSSR count). The van der Waals surface area contributed by atoms with Crippen LogP contribution in [0.1, 0.15) is 17.4 Å². The van der Waals surface area contributed by atoms with Gasteiger partial charge in [-0.25, -0.2) is 0 Å². The molecule has 0 spiro atoms. The Hall–Kier alpha value is -2.38. The number of hydrogen-bond donors (Lipinski definition) is 0. The molecule has 8 heteroatoms. The second-order valence-electron chi connectivity index (χ2n) is 5.55. The van der Waals surface area contributed by atoms with E-state index in [2.05, 4.69) is 5.10 Å².